The fourth-order valence-corrected chi connectivity index (χ4v) is 3.80. The minimum atomic E-state index is -0.374. The Hall–Kier alpha value is -2.14. The van der Waals surface area contributed by atoms with Gasteiger partial charge in [-0.05, 0) is 43.0 Å². The van der Waals surface area contributed by atoms with Crippen molar-refractivity contribution in [1.82, 2.24) is 10.2 Å². The molecular formula is C21H23BrN2O2. The number of carbonyl (C=O) groups is 2. The van der Waals surface area contributed by atoms with Crippen LogP contribution in [0.4, 0.5) is 0 Å². The maximum Gasteiger partial charge on any atom is 0.243 e. The molecule has 2 amide bonds. The van der Waals surface area contributed by atoms with Crippen molar-refractivity contribution in [3.8, 4) is 0 Å². The molecule has 5 heteroatoms. The normalized spacial score (nSPS) is 17.8. The zero-order valence-corrected chi connectivity index (χ0v) is 16.4. The number of benzene rings is 2. The van der Waals surface area contributed by atoms with E-state index in [1.54, 1.807) is 4.90 Å². The summed E-state index contributed by atoms with van der Waals surface area (Å²) in [6.07, 6.45) is 1.92. The van der Waals surface area contributed by atoms with E-state index >= 15 is 0 Å². The number of likely N-dealkylation sites (tertiary alicyclic amines) is 1. The topological polar surface area (TPSA) is 49.4 Å². The number of nitrogens with one attached hydrogen (secondary N) is 1. The molecule has 26 heavy (non-hydrogen) atoms. The lowest BCUT2D eigenvalue weighted by Gasteiger charge is -2.26. The molecule has 2 aromatic carbocycles. The predicted octanol–water partition coefficient (Wildman–Crippen LogP) is 3.86. The first-order valence-electron chi connectivity index (χ1n) is 8.94. The highest BCUT2D eigenvalue weighted by atomic mass is 79.9. The lowest BCUT2D eigenvalue weighted by atomic mass is 10.1. The zero-order valence-electron chi connectivity index (χ0n) is 14.8. The fourth-order valence-electron chi connectivity index (χ4n) is 3.38. The van der Waals surface area contributed by atoms with Crippen LogP contribution in [0.2, 0.25) is 0 Å². The minimum Gasteiger partial charge on any atom is -0.348 e. The van der Waals surface area contributed by atoms with Crippen LogP contribution in [-0.4, -0.2) is 29.3 Å². The summed E-state index contributed by atoms with van der Waals surface area (Å²) in [7, 11) is 0. The molecule has 4 nitrogen and oxygen atoms in total. The second-order valence-electron chi connectivity index (χ2n) is 6.69. The van der Waals surface area contributed by atoms with E-state index in [0.29, 0.717) is 13.0 Å². The van der Waals surface area contributed by atoms with Gasteiger partial charge in [0.15, 0.2) is 0 Å². The molecule has 2 unspecified atom stereocenters. The van der Waals surface area contributed by atoms with E-state index in [2.05, 4.69) is 21.2 Å². The Morgan fingerprint density at radius 3 is 2.69 bits per heavy atom. The Kier molecular flexibility index (Phi) is 6.09. The monoisotopic (exact) mass is 414 g/mol. The smallest absolute Gasteiger partial charge is 0.243 e. The maximum atomic E-state index is 12.8. The molecule has 3 rings (SSSR count). The first kappa shape index (κ1) is 18.6. The Morgan fingerprint density at radius 2 is 1.96 bits per heavy atom. The second kappa shape index (κ2) is 8.49. The third kappa shape index (κ3) is 4.52. The van der Waals surface area contributed by atoms with Gasteiger partial charge in [-0.2, -0.15) is 0 Å². The van der Waals surface area contributed by atoms with Crippen LogP contribution in [-0.2, 0) is 16.0 Å². The fraction of sp³-hybridized carbons (Fsp3) is 0.333. The van der Waals surface area contributed by atoms with Crippen LogP contribution in [0.5, 0.6) is 0 Å². The summed E-state index contributed by atoms with van der Waals surface area (Å²) in [4.78, 5) is 27.2. The van der Waals surface area contributed by atoms with Crippen LogP contribution in [0, 0.1) is 0 Å². The summed E-state index contributed by atoms with van der Waals surface area (Å²) in [5.74, 6) is -0.0552. The molecular weight excluding hydrogens is 392 g/mol. The van der Waals surface area contributed by atoms with Crippen molar-refractivity contribution < 1.29 is 9.59 Å². The lowest BCUT2D eigenvalue weighted by molar-refractivity contribution is -0.138. The third-order valence-corrected chi connectivity index (χ3v) is 5.27. The molecule has 1 N–H and O–H groups in total. The van der Waals surface area contributed by atoms with E-state index in [4.69, 9.17) is 0 Å². The minimum absolute atomic E-state index is 0.0176. The van der Waals surface area contributed by atoms with Crippen LogP contribution in [0.15, 0.2) is 59.1 Å². The molecule has 1 aliphatic rings. The number of rotatable bonds is 5. The van der Waals surface area contributed by atoms with Crippen molar-refractivity contribution in [3.05, 3.63) is 70.2 Å². The van der Waals surface area contributed by atoms with E-state index in [0.717, 1.165) is 28.4 Å². The SMILES string of the molecule is CC(NC(=O)C1CCCN1C(=O)Cc1ccccc1)c1cccc(Br)c1. The van der Waals surface area contributed by atoms with Gasteiger partial charge >= 0.3 is 0 Å². The van der Waals surface area contributed by atoms with Gasteiger partial charge in [0.2, 0.25) is 11.8 Å². The summed E-state index contributed by atoms with van der Waals surface area (Å²) >= 11 is 3.46. The summed E-state index contributed by atoms with van der Waals surface area (Å²) in [6.45, 7) is 2.61. The largest absolute Gasteiger partial charge is 0.348 e. The number of hydrogen-bond donors (Lipinski definition) is 1. The summed E-state index contributed by atoms with van der Waals surface area (Å²) in [5, 5.41) is 3.06. The first-order chi connectivity index (χ1) is 12.5. The molecule has 0 aromatic heterocycles. The molecule has 1 aliphatic heterocycles. The third-order valence-electron chi connectivity index (χ3n) is 4.78. The molecule has 2 aromatic rings. The standard InChI is InChI=1S/C21H23BrN2O2/c1-15(17-9-5-10-18(22)14-17)23-21(26)19-11-6-12-24(19)20(25)13-16-7-3-2-4-8-16/h2-5,7-10,14-15,19H,6,11-13H2,1H3,(H,23,26). The molecule has 1 saturated heterocycles. The van der Waals surface area contributed by atoms with E-state index < -0.39 is 0 Å². The molecule has 1 heterocycles. The van der Waals surface area contributed by atoms with E-state index in [9.17, 15) is 9.59 Å². The van der Waals surface area contributed by atoms with Crippen molar-refractivity contribution in [2.75, 3.05) is 6.54 Å². The Bertz CT molecular complexity index is 779. The van der Waals surface area contributed by atoms with Crippen molar-refractivity contribution in [2.45, 2.75) is 38.3 Å². The average Bonchev–Trinajstić information content (AvgIpc) is 3.12. The zero-order chi connectivity index (χ0) is 18.5. The van der Waals surface area contributed by atoms with Gasteiger partial charge in [-0.1, -0.05) is 58.4 Å². The Balaban J connectivity index is 1.63. The summed E-state index contributed by atoms with van der Waals surface area (Å²) in [5.41, 5.74) is 2.01. The Labute approximate surface area is 162 Å². The number of halogens is 1. The molecule has 0 aliphatic carbocycles. The lowest BCUT2D eigenvalue weighted by Crippen LogP contribution is -2.47. The molecule has 2 atom stereocenters. The molecule has 0 radical (unpaired) electrons. The van der Waals surface area contributed by atoms with Crippen LogP contribution in [0.25, 0.3) is 0 Å². The molecule has 1 fully saturated rings. The van der Waals surface area contributed by atoms with E-state index in [1.807, 2.05) is 61.5 Å². The van der Waals surface area contributed by atoms with Crippen molar-refractivity contribution >= 4 is 27.7 Å². The molecule has 0 saturated carbocycles. The molecule has 0 spiro atoms. The number of nitrogens with zero attached hydrogens (tertiary/aromatic N) is 1. The van der Waals surface area contributed by atoms with Gasteiger partial charge < -0.3 is 10.2 Å². The molecule has 0 bridgehead atoms. The van der Waals surface area contributed by atoms with Crippen molar-refractivity contribution in [1.29, 1.82) is 0 Å². The van der Waals surface area contributed by atoms with Crippen LogP contribution < -0.4 is 5.32 Å². The van der Waals surface area contributed by atoms with Crippen LogP contribution in [0.1, 0.15) is 36.9 Å². The number of carbonyl (C=O) groups excluding carboxylic acids is 2. The first-order valence-corrected chi connectivity index (χ1v) is 9.73. The molecule has 136 valence electrons. The van der Waals surface area contributed by atoms with Gasteiger partial charge in [0.1, 0.15) is 6.04 Å². The highest BCUT2D eigenvalue weighted by molar-refractivity contribution is 9.10. The highest BCUT2D eigenvalue weighted by Crippen LogP contribution is 2.22. The van der Waals surface area contributed by atoms with Crippen LogP contribution >= 0.6 is 15.9 Å². The predicted molar refractivity (Wildman–Crippen MR) is 106 cm³/mol. The van der Waals surface area contributed by atoms with E-state index in [-0.39, 0.29) is 23.9 Å². The second-order valence-corrected chi connectivity index (χ2v) is 7.61. The maximum absolute atomic E-state index is 12.8. The van der Waals surface area contributed by atoms with Crippen molar-refractivity contribution in [2.24, 2.45) is 0 Å². The average molecular weight is 415 g/mol. The van der Waals surface area contributed by atoms with Crippen molar-refractivity contribution in [3.63, 3.8) is 0 Å². The van der Waals surface area contributed by atoms with Gasteiger partial charge in [0, 0.05) is 11.0 Å². The number of hydrogen-bond acceptors (Lipinski definition) is 2. The van der Waals surface area contributed by atoms with Gasteiger partial charge in [-0.25, -0.2) is 0 Å². The van der Waals surface area contributed by atoms with Gasteiger partial charge in [0.05, 0.1) is 12.5 Å². The Morgan fingerprint density at radius 1 is 1.19 bits per heavy atom. The van der Waals surface area contributed by atoms with Crippen LogP contribution in [0.3, 0.4) is 0 Å². The summed E-state index contributed by atoms with van der Waals surface area (Å²) in [6, 6.07) is 17.1. The van der Waals surface area contributed by atoms with Gasteiger partial charge in [-0.15, -0.1) is 0 Å². The van der Waals surface area contributed by atoms with E-state index in [1.165, 1.54) is 0 Å². The highest BCUT2D eigenvalue weighted by Gasteiger charge is 2.34. The van der Waals surface area contributed by atoms with Gasteiger partial charge in [-0.3, -0.25) is 9.59 Å². The number of amides is 2. The summed E-state index contributed by atoms with van der Waals surface area (Å²) < 4.78 is 0.983. The quantitative estimate of drug-likeness (QED) is 0.807. The van der Waals surface area contributed by atoms with Gasteiger partial charge in [0.25, 0.3) is 0 Å².